The first-order chi connectivity index (χ1) is 9.77. The van der Waals surface area contributed by atoms with Gasteiger partial charge in [-0.3, -0.25) is 0 Å². The van der Waals surface area contributed by atoms with Crippen LogP contribution >= 0.6 is 0 Å². The summed E-state index contributed by atoms with van der Waals surface area (Å²) in [7, 11) is 0. The van der Waals surface area contributed by atoms with E-state index in [1.54, 1.807) is 13.8 Å². The third kappa shape index (κ3) is 3.96. The van der Waals surface area contributed by atoms with Gasteiger partial charge in [-0.25, -0.2) is 0 Å². The lowest BCUT2D eigenvalue weighted by atomic mass is 9.95. The van der Waals surface area contributed by atoms with E-state index in [2.05, 4.69) is 43.1 Å². The zero-order chi connectivity index (χ0) is 15.6. The highest BCUT2D eigenvalue weighted by Gasteiger charge is 2.25. The molecule has 0 saturated carbocycles. The number of aliphatic hydroxyl groups is 2. The Morgan fingerprint density at radius 3 is 2.67 bits per heavy atom. The molecule has 114 valence electrons. The lowest BCUT2D eigenvalue weighted by molar-refractivity contribution is -0.0468. The van der Waals surface area contributed by atoms with E-state index in [9.17, 15) is 10.2 Å². The molecule has 0 amide bonds. The minimum Gasteiger partial charge on any atom is -0.390 e. The lowest BCUT2D eigenvalue weighted by Gasteiger charge is -2.24. The molecular weight excluding hydrogens is 262 g/mol. The second-order valence-corrected chi connectivity index (χ2v) is 6.55. The van der Waals surface area contributed by atoms with E-state index in [-0.39, 0.29) is 0 Å². The van der Waals surface area contributed by atoms with Gasteiger partial charge >= 0.3 is 0 Å². The van der Waals surface area contributed by atoms with Crippen molar-refractivity contribution in [3.63, 3.8) is 0 Å². The molecule has 0 bridgehead atoms. The number of aliphatic hydroxyl groups excluding tert-OH is 1. The summed E-state index contributed by atoms with van der Waals surface area (Å²) < 4.78 is 0. The van der Waals surface area contributed by atoms with E-state index in [4.69, 9.17) is 0 Å². The fraction of sp³-hybridized carbons (Fsp3) is 0.444. The zero-order valence-electron chi connectivity index (χ0n) is 13.3. The van der Waals surface area contributed by atoms with Crippen molar-refractivity contribution in [2.24, 2.45) is 0 Å². The molecule has 3 heteroatoms. The molecule has 0 saturated heterocycles. The van der Waals surface area contributed by atoms with E-state index in [0.717, 1.165) is 22.9 Å². The number of fused-ring (bicyclic) bond motifs is 1. The molecule has 21 heavy (non-hydrogen) atoms. The molecule has 0 aliphatic heterocycles. The second-order valence-electron chi connectivity index (χ2n) is 6.55. The van der Waals surface area contributed by atoms with Crippen LogP contribution in [0, 0.1) is 0 Å². The van der Waals surface area contributed by atoms with Crippen LogP contribution in [0.5, 0.6) is 0 Å². The smallest absolute Gasteiger partial charge is 0.0862 e. The van der Waals surface area contributed by atoms with E-state index in [1.807, 2.05) is 6.20 Å². The molecule has 0 fully saturated rings. The first kappa shape index (κ1) is 15.8. The number of aromatic amines is 1. The highest BCUT2D eigenvalue weighted by atomic mass is 16.3. The van der Waals surface area contributed by atoms with Gasteiger partial charge in [-0.15, -0.1) is 0 Å². The molecular formula is C18H25NO2. The summed E-state index contributed by atoms with van der Waals surface area (Å²) in [6.45, 7) is 7.46. The van der Waals surface area contributed by atoms with Crippen molar-refractivity contribution in [1.82, 2.24) is 4.98 Å². The van der Waals surface area contributed by atoms with Gasteiger partial charge in [0.25, 0.3) is 0 Å². The van der Waals surface area contributed by atoms with Crippen LogP contribution in [0.3, 0.4) is 0 Å². The summed E-state index contributed by atoms with van der Waals surface area (Å²) in [6.07, 6.45) is 4.73. The van der Waals surface area contributed by atoms with Gasteiger partial charge in [-0.2, -0.15) is 0 Å². The highest BCUT2D eigenvalue weighted by molar-refractivity contribution is 5.84. The number of benzene rings is 1. The number of H-pyrrole nitrogens is 1. The van der Waals surface area contributed by atoms with Gasteiger partial charge in [0, 0.05) is 23.5 Å². The Morgan fingerprint density at radius 1 is 1.33 bits per heavy atom. The van der Waals surface area contributed by atoms with Crippen LogP contribution < -0.4 is 0 Å². The van der Waals surface area contributed by atoms with E-state index >= 15 is 0 Å². The molecule has 0 radical (unpaired) electrons. The van der Waals surface area contributed by atoms with Gasteiger partial charge in [0.15, 0.2) is 0 Å². The number of nitrogens with one attached hydrogen (secondary N) is 1. The van der Waals surface area contributed by atoms with Gasteiger partial charge in [0.05, 0.1) is 11.7 Å². The van der Waals surface area contributed by atoms with Gasteiger partial charge < -0.3 is 15.2 Å². The molecule has 1 aromatic heterocycles. The Hall–Kier alpha value is -1.58. The first-order valence-electron chi connectivity index (χ1n) is 7.40. The van der Waals surface area contributed by atoms with Gasteiger partial charge in [-0.05, 0) is 51.3 Å². The molecule has 0 spiro atoms. The van der Waals surface area contributed by atoms with Crippen LogP contribution in [0.25, 0.3) is 10.9 Å². The molecule has 0 aliphatic rings. The summed E-state index contributed by atoms with van der Waals surface area (Å²) >= 11 is 0. The Morgan fingerprint density at radius 2 is 2.05 bits per heavy atom. The quantitative estimate of drug-likeness (QED) is 0.739. The monoisotopic (exact) mass is 287 g/mol. The molecule has 1 unspecified atom stereocenters. The molecule has 1 heterocycles. The summed E-state index contributed by atoms with van der Waals surface area (Å²) in [6, 6.07) is 6.36. The fourth-order valence-electron chi connectivity index (χ4n) is 2.31. The number of rotatable bonds is 5. The normalized spacial score (nSPS) is 13.4. The third-order valence-electron chi connectivity index (χ3n) is 3.81. The minimum absolute atomic E-state index is 0.441. The molecule has 1 atom stereocenters. The fourth-order valence-corrected chi connectivity index (χ4v) is 2.31. The molecule has 3 N–H and O–H groups in total. The standard InChI is InChI=1S/C18H25NO2/c1-12(2)5-6-13-7-8-15-14(11-19-16(15)9-13)10-17(20)18(3,4)21/h5,7-9,11,17,19-21H,6,10H2,1-4H3. The summed E-state index contributed by atoms with van der Waals surface area (Å²) in [5, 5.41) is 21.0. The van der Waals surface area contributed by atoms with Crippen molar-refractivity contribution in [2.45, 2.75) is 52.2 Å². The molecule has 2 aromatic rings. The van der Waals surface area contributed by atoms with Crippen LogP contribution in [0.1, 0.15) is 38.8 Å². The van der Waals surface area contributed by atoms with E-state index in [1.165, 1.54) is 11.1 Å². The van der Waals surface area contributed by atoms with Crippen molar-refractivity contribution < 1.29 is 10.2 Å². The van der Waals surface area contributed by atoms with Crippen LogP contribution in [0.2, 0.25) is 0 Å². The Kier molecular flexibility index (Phi) is 4.55. The maximum atomic E-state index is 10.0. The third-order valence-corrected chi connectivity index (χ3v) is 3.81. The second kappa shape index (κ2) is 6.04. The molecule has 3 nitrogen and oxygen atoms in total. The van der Waals surface area contributed by atoms with Crippen LogP contribution in [-0.4, -0.2) is 26.9 Å². The van der Waals surface area contributed by atoms with E-state index < -0.39 is 11.7 Å². The average Bonchev–Trinajstić information content (AvgIpc) is 2.78. The van der Waals surface area contributed by atoms with E-state index in [0.29, 0.717) is 6.42 Å². The number of allylic oxidation sites excluding steroid dienone is 2. The van der Waals surface area contributed by atoms with Gasteiger partial charge in [-0.1, -0.05) is 23.8 Å². The lowest BCUT2D eigenvalue weighted by Crippen LogP contribution is -2.37. The minimum atomic E-state index is -1.09. The summed E-state index contributed by atoms with van der Waals surface area (Å²) in [4.78, 5) is 3.26. The zero-order valence-corrected chi connectivity index (χ0v) is 13.3. The number of hydrogen-bond acceptors (Lipinski definition) is 2. The first-order valence-corrected chi connectivity index (χ1v) is 7.40. The highest BCUT2D eigenvalue weighted by Crippen LogP contribution is 2.23. The molecule has 2 rings (SSSR count). The number of aromatic nitrogens is 1. The average molecular weight is 287 g/mol. The Labute approximate surface area is 126 Å². The maximum Gasteiger partial charge on any atom is 0.0862 e. The topological polar surface area (TPSA) is 56.2 Å². The predicted molar refractivity (Wildman–Crippen MR) is 87.4 cm³/mol. The van der Waals surface area contributed by atoms with Crippen molar-refractivity contribution in [1.29, 1.82) is 0 Å². The van der Waals surface area contributed by atoms with Crippen molar-refractivity contribution in [3.8, 4) is 0 Å². The van der Waals surface area contributed by atoms with Crippen LogP contribution in [-0.2, 0) is 12.8 Å². The largest absolute Gasteiger partial charge is 0.390 e. The van der Waals surface area contributed by atoms with Crippen LogP contribution in [0.4, 0.5) is 0 Å². The van der Waals surface area contributed by atoms with Gasteiger partial charge in [0.1, 0.15) is 0 Å². The summed E-state index contributed by atoms with van der Waals surface area (Å²) in [5.74, 6) is 0. The Bertz CT molecular complexity index is 643. The SMILES string of the molecule is CC(C)=CCc1ccc2c(CC(O)C(C)(C)O)c[nH]c2c1. The Balaban J connectivity index is 2.23. The summed E-state index contributed by atoms with van der Waals surface area (Å²) in [5.41, 5.74) is 3.60. The van der Waals surface area contributed by atoms with Crippen LogP contribution in [0.15, 0.2) is 36.0 Å². The number of hydrogen-bond donors (Lipinski definition) is 3. The van der Waals surface area contributed by atoms with Gasteiger partial charge in [0.2, 0.25) is 0 Å². The molecule has 1 aromatic carbocycles. The molecule has 0 aliphatic carbocycles. The van der Waals surface area contributed by atoms with Crippen molar-refractivity contribution >= 4 is 10.9 Å². The predicted octanol–water partition coefficient (Wildman–Crippen LogP) is 3.35. The van der Waals surface area contributed by atoms with Crippen molar-refractivity contribution in [3.05, 3.63) is 47.2 Å². The van der Waals surface area contributed by atoms with Crippen molar-refractivity contribution in [2.75, 3.05) is 0 Å². The maximum absolute atomic E-state index is 10.0.